The van der Waals surface area contributed by atoms with Gasteiger partial charge in [-0.3, -0.25) is 4.98 Å². The van der Waals surface area contributed by atoms with Crippen LogP contribution in [0.5, 0.6) is 0 Å². The van der Waals surface area contributed by atoms with E-state index in [9.17, 15) is 0 Å². The zero-order valence-corrected chi connectivity index (χ0v) is 13.5. The molecule has 0 aliphatic heterocycles. The molecule has 0 aromatic carbocycles. The highest BCUT2D eigenvalue weighted by Crippen LogP contribution is 2.31. The summed E-state index contributed by atoms with van der Waals surface area (Å²) in [5.74, 6) is 1.74. The molecule has 0 saturated carbocycles. The lowest BCUT2D eigenvalue weighted by Gasteiger charge is -2.08. The van der Waals surface area contributed by atoms with E-state index in [-0.39, 0.29) is 0 Å². The molecule has 0 aliphatic rings. The summed E-state index contributed by atoms with van der Waals surface area (Å²) in [6.45, 7) is 2.46. The fraction of sp³-hybridized carbons (Fsp3) is 0.111. The van der Waals surface area contributed by atoms with E-state index in [1.807, 2.05) is 37.3 Å². The van der Waals surface area contributed by atoms with Gasteiger partial charge in [0.05, 0.1) is 17.5 Å². The zero-order chi connectivity index (χ0) is 17.1. The third kappa shape index (κ3) is 3.25. The summed E-state index contributed by atoms with van der Waals surface area (Å²) in [6, 6.07) is 9.38. The Morgan fingerprint density at radius 3 is 2.72 bits per heavy atom. The van der Waals surface area contributed by atoms with Crippen LogP contribution < -0.4 is 5.32 Å². The lowest BCUT2D eigenvalue weighted by molar-refractivity contribution is 0.427. The number of furan rings is 1. The van der Waals surface area contributed by atoms with Gasteiger partial charge in [0, 0.05) is 31.2 Å². The number of hydrogen-bond donors (Lipinski definition) is 1. The van der Waals surface area contributed by atoms with Gasteiger partial charge in [0.2, 0.25) is 5.95 Å². The van der Waals surface area contributed by atoms with Crippen LogP contribution in [0.4, 0.5) is 5.95 Å². The second-order valence-corrected chi connectivity index (χ2v) is 5.47. The first kappa shape index (κ1) is 15.1. The Hall–Kier alpha value is -3.48. The van der Waals surface area contributed by atoms with Crippen LogP contribution in [0.1, 0.15) is 11.3 Å². The Labute approximate surface area is 143 Å². The van der Waals surface area contributed by atoms with Crippen LogP contribution >= 0.6 is 0 Å². The van der Waals surface area contributed by atoms with Crippen molar-refractivity contribution in [3.05, 3.63) is 66.4 Å². The molecule has 4 rings (SSSR count). The van der Waals surface area contributed by atoms with E-state index in [0.29, 0.717) is 29.7 Å². The summed E-state index contributed by atoms with van der Waals surface area (Å²) in [7, 11) is 0. The number of nitrogens with zero attached hydrogens (tertiary/aromatic N) is 4. The monoisotopic (exact) mass is 333 g/mol. The number of nitrogens with one attached hydrogen (secondary N) is 1. The Balaban J connectivity index is 1.67. The first-order valence-electron chi connectivity index (χ1n) is 7.77. The van der Waals surface area contributed by atoms with Gasteiger partial charge in [0.15, 0.2) is 11.5 Å². The molecule has 0 radical (unpaired) electrons. The summed E-state index contributed by atoms with van der Waals surface area (Å²) in [5, 5.41) is 7.14. The average molecular weight is 333 g/mol. The second-order valence-electron chi connectivity index (χ2n) is 5.47. The van der Waals surface area contributed by atoms with E-state index in [0.717, 1.165) is 16.8 Å². The Kier molecular flexibility index (Phi) is 3.96. The first-order chi connectivity index (χ1) is 12.3. The third-order valence-electron chi connectivity index (χ3n) is 3.64. The molecular weight excluding hydrogens is 318 g/mol. The Morgan fingerprint density at radius 1 is 1.12 bits per heavy atom. The SMILES string of the molecule is Cc1cc(-c2cnc(NCc3ccncc3)nc2-c2ccco2)on1. The molecule has 0 bridgehead atoms. The normalized spacial score (nSPS) is 10.8. The van der Waals surface area contributed by atoms with Crippen LogP contribution in [0.25, 0.3) is 22.8 Å². The molecule has 0 atom stereocenters. The van der Waals surface area contributed by atoms with Crippen LogP contribution in [0.2, 0.25) is 0 Å². The molecule has 4 aromatic heterocycles. The van der Waals surface area contributed by atoms with E-state index in [4.69, 9.17) is 8.94 Å². The van der Waals surface area contributed by atoms with Crippen molar-refractivity contribution in [3.63, 3.8) is 0 Å². The molecule has 0 spiro atoms. The number of hydrogen-bond acceptors (Lipinski definition) is 7. The Bertz CT molecular complexity index is 964. The second kappa shape index (κ2) is 6.56. The van der Waals surface area contributed by atoms with Crippen molar-refractivity contribution in [1.82, 2.24) is 20.1 Å². The molecular formula is C18H15N5O2. The summed E-state index contributed by atoms with van der Waals surface area (Å²) >= 11 is 0. The van der Waals surface area contributed by atoms with Gasteiger partial charge in [-0.05, 0) is 36.8 Å². The summed E-state index contributed by atoms with van der Waals surface area (Å²) in [5.41, 5.74) is 3.26. The van der Waals surface area contributed by atoms with Gasteiger partial charge in [-0.25, -0.2) is 9.97 Å². The van der Waals surface area contributed by atoms with Crippen molar-refractivity contribution in [2.24, 2.45) is 0 Å². The van der Waals surface area contributed by atoms with Crippen LogP contribution in [0.3, 0.4) is 0 Å². The number of anilines is 1. The minimum atomic E-state index is 0.503. The van der Waals surface area contributed by atoms with Gasteiger partial charge in [0.25, 0.3) is 0 Å². The van der Waals surface area contributed by atoms with Gasteiger partial charge in [-0.15, -0.1) is 0 Å². The predicted octanol–water partition coefficient (Wildman–Crippen LogP) is 3.71. The lowest BCUT2D eigenvalue weighted by atomic mass is 10.1. The maximum absolute atomic E-state index is 5.52. The summed E-state index contributed by atoms with van der Waals surface area (Å²) in [4.78, 5) is 13.0. The number of rotatable bonds is 5. The van der Waals surface area contributed by atoms with E-state index < -0.39 is 0 Å². The quantitative estimate of drug-likeness (QED) is 0.595. The maximum Gasteiger partial charge on any atom is 0.223 e. The molecule has 4 aromatic rings. The van der Waals surface area contributed by atoms with Gasteiger partial charge in [0.1, 0.15) is 5.69 Å². The highest BCUT2D eigenvalue weighted by Gasteiger charge is 2.17. The molecule has 1 N–H and O–H groups in total. The minimum Gasteiger partial charge on any atom is -0.463 e. The van der Waals surface area contributed by atoms with E-state index in [1.54, 1.807) is 24.9 Å². The molecule has 124 valence electrons. The number of pyridine rings is 1. The van der Waals surface area contributed by atoms with Crippen LogP contribution in [0, 0.1) is 6.92 Å². The summed E-state index contributed by atoms with van der Waals surface area (Å²) < 4.78 is 10.9. The molecule has 7 heteroatoms. The summed E-state index contributed by atoms with van der Waals surface area (Å²) in [6.07, 6.45) is 6.82. The first-order valence-corrected chi connectivity index (χ1v) is 7.77. The van der Waals surface area contributed by atoms with Gasteiger partial charge < -0.3 is 14.3 Å². The topological polar surface area (TPSA) is 89.9 Å². The smallest absolute Gasteiger partial charge is 0.223 e. The molecule has 7 nitrogen and oxygen atoms in total. The van der Waals surface area contributed by atoms with E-state index >= 15 is 0 Å². The largest absolute Gasteiger partial charge is 0.463 e. The molecule has 0 aliphatic carbocycles. The highest BCUT2D eigenvalue weighted by molar-refractivity contribution is 5.75. The van der Waals surface area contributed by atoms with Crippen molar-refractivity contribution in [2.75, 3.05) is 5.32 Å². The molecule has 0 amide bonds. The maximum atomic E-state index is 5.52. The van der Waals surface area contributed by atoms with Gasteiger partial charge in [-0.2, -0.15) is 0 Å². The van der Waals surface area contributed by atoms with Crippen molar-refractivity contribution < 1.29 is 8.94 Å². The molecule has 0 saturated heterocycles. The van der Waals surface area contributed by atoms with Crippen molar-refractivity contribution in [3.8, 4) is 22.8 Å². The van der Waals surface area contributed by atoms with E-state index in [1.165, 1.54) is 0 Å². The predicted molar refractivity (Wildman–Crippen MR) is 91.5 cm³/mol. The van der Waals surface area contributed by atoms with Crippen LogP contribution in [-0.4, -0.2) is 20.1 Å². The molecule has 4 heterocycles. The van der Waals surface area contributed by atoms with E-state index in [2.05, 4.69) is 25.4 Å². The highest BCUT2D eigenvalue weighted by atomic mass is 16.5. The third-order valence-corrected chi connectivity index (χ3v) is 3.64. The molecule has 0 unspecified atom stereocenters. The standard InChI is InChI=1S/C18H15N5O2/c1-12-9-16(25-23-12)14-11-21-18(20-10-13-4-6-19-7-5-13)22-17(14)15-3-2-8-24-15/h2-9,11H,10H2,1H3,(H,20,21,22). The zero-order valence-electron chi connectivity index (χ0n) is 13.5. The fourth-order valence-electron chi connectivity index (χ4n) is 2.42. The van der Waals surface area contributed by atoms with Crippen molar-refractivity contribution >= 4 is 5.95 Å². The van der Waals surface area contributed by atoms with Crippen molar-refractivity contribution in [1.29, 1.82) is 0 Å². The number of aromatic nitrogens is 4. The van der Waals surface area contributed by atoms with Gasteiger partial charge in [-0.1, -0.05) is 5.16 Å². The minimum absolute atomic E-state index is 0.503. The van der Waals surface area contributed by atoms with Crippen molar-refractivity contribution in [2.45, 2.75) is 13.5 Å². The fourth-order valence-corrected chi connectivity index (χ4v) is 2.42. The van der Waals surface area contributed by atoms with Crippen LogP contribution in [-0.2, 0) is 6.54 Å². The lowest BCUT2D eigenvalue weighted by Crippen LogP contribution is -2.04. The van der Waals surface area contributed by atoms with Crippen LogP contribution in [0.15, 0.2) is 64.1 Å². The molecule has 25 heavy (non-hydrogen) atoms. The molecule has 0 fully saturated rings. The number of aryl methyl sites for hydroxylation is 1. The average Bonchev–Trinajstić information content (AvgIpc) is 3.32. The van der Waals surface area contributed by atoms with Gasteiger partial charge >= 0.3 is 0 Å². The Morgan fingerprint density at radius 2 is 2.00 bits per heavy atom.